The second kappa shape index (κ2) is 8.61. The van der Waals surface area contributed by atoms with Crippen molar-refractivity contribution < 1.29 is 14.3 Å². The number of fused-ring (bicyclic) bond motifs is 1. The number of benzene rings is 1. The molecule has 1 aliphatic rings. The average molecular weight is 420 g/mol. The summed E-state index contributed by atoms with van der Waals surface area (Å²) in [7, 11) is 1.53. The number of aromatic nitrogens is 2. The Morgan fingerprint density at radius 2 is 2.20 bits per heavy atom. The molecule has 1 aliphatic heterocycles. The minimum atomic E-state index is -0.229. The van der Waals surface area contributed by atoms with Gasteiger partial charge in [0.05, 0.1) is 12.7 Å². The molecule has 152 valence electrons. The van der Waals surface area contributed by atoms with Gasteiger partial charge in [0.25, 0.3) is 0 Å². The van der Waals surface area contributed by atoms with Gasteiger partial charge in [-0.1, -0.05) is 6.07 Å². The van der Waals surface area contributed by atoms with Crippen LogP contribution in [0, 0.1) is 18.3 Å². The van der Waals surface area contributed by atoms with Crippen LogP contribution in [-0.4, -0.2) is 29.6 Å². The maximum atomic E-state index is 11.7. The van der Waals surface area contributed by atoms with Crippen molar-refractivity contribution >= 4 is 17.3 Å². The molecule has 2 aromatic heterocycles. The summed E-state index contributed by atoms with van der Waals surface area (Å²) in [4.78, 5) is 21.5. The largest absolute Gasteiger partial charge is 0.495 e. The van der Waals surface area contributed by atoms with Crippen molar-refractivity contribution in [1.82, 2.24) is 15.3 Å². The van der Waals surface area contributed by atoms with Crippen LogP contribution in [0.3, 0.4) is 0 Å². The van der Waals surface area contributed by atoms with Crippen LogP contribution in [0.1, 0.15) is 37.5 Å². The summed E-state index contributed by atoms with van der Waals surface area (Å²) in [6.07, 6.45) is 4.21. The topological polar surface area (TPSA) is 97.1 Å². The van der Waals surface area contributed by atoms with Gasteiger partial charge < -0.3 is 14.8 Å². The third-order valence-electron chi connectivity index (χ3n) is 5.13. The number of pyridine rings is 1. The molecule has 0 saturated carbocycles. The van der Waals surface area contributed by atoms with Crippen LogP contribution in [0.4, 0.5) is 0 Å². The zero-order chi connectivity index (χ0) is 21.1. The minimum absolute atomic E-state index is 0.229. The van der Waals surface area contributed by atoms with E-state index in [1.165, 1.54) is 18.9 Å². The van der Waals surface area contributed by atoms with Crippen LogP contribution in [0.25, 0.3) is 10.7 Å². The first-order valence-electron chi connectivity index (χ1n) is 9.49. The Balaban J connectivity index is 1.35. The van der Waals surface area contributed by atoms with Gasteiger partial charge in [-0.3, -0.25) is 4.98 Å². The smallest absolute Gasteiger partial charge is 0.338 e. The number of ether oxygens (including phenoxy) is 2. The van der Waals surface area contributed by atoms with Crippen molar-refractivity contribution in [3.63, 3.8) is 0 Å². The lowest BCUT2D eigenvalue weighted by atomic mass is 9.97. The summed E-state index contributed by atoms with van der Waals surface area (Å²) in [6, 6.07) is 7.67. The van der Waals surface area contributed by atoms with E-state index >= 15 is 0 Å². The Labute approximate surface area is 178 Å². The van der Waals surface area contributed by atoms with E-state index in [2.05, 4.69) is 21.4 Å². The maximum Gasteiger partial charge on any atom is 0.338 e. The summed E-state index contributed by atoms with van der Waals surface area (Å²) in [5, 5.41) is 13.3. The summed E-state index contributed by atoms with van der Waals surface area (Å²) in [5.74, 6) is 0.266. The highest BCUT2D eigenvalue weighted by molar-refractivity contribution is 7.15. The lowest BCUT2D eigenvalue weighted by Gasteiger charge is -2.09. The zero-order valence-electron chi connectivity index (χ0n) is 16.7. The third-order valence-corrected chi connectivity index (χ3v) is 6.15. The van der Waals surface area contributed by atoms with E-state index in [9.17, 15) is 4.79 Å². The second-order valence-corrected chi connectivity index (χ2v) is 8.01. The minimum Gasteiger partial charge on any atom is -0.495 e. The molecule has 0 aliphatic carbocycles. The monoisotopic (exact) mass is 420 g/mol. The standard InChI is InChI=1S/C22H20N4O3S/c1-13-14(3-4-17-18(13)12-29-22(17)27)5-6-24-10-16-11-26-21(30-16)19-7-20(28-2)15(8-23)9-25-19/h3-4,7,9,11,24H,5-6,10,12H2,1-2H3. The number of hydrogen-bond donors (Lipinski definition) is 1. The molecule has 0 fully saturated rings. The van der Waals surface area contributed by atoms with E-state index in [1.54, 1.807) is 17.4 Å². The molecule has 0 unspecified atom stereocenters. The number of thiazole rings is 1. The van der Waals surface area contributed by atoms with Crippen LogP contribution in [0.2, 0.25) is 0 Å². The Kier molecular flexibility index (Phi) is 5.74. The molecule has 7 nitrogen and oxygen atoms in total. The highest BCUT2D eigenvalue weighted by Gasteiger charge is 2.23. The number of nitriles is 1. The van der Waals surface area contributed by atoms with E-state index in [0.29, 0.717) is 35.7 Å². The molecule has 4 rings (SSSR count). The molecule has 0 bridgehead atoms. The summed E-state index contributed by atoms with van der Waals surface area (Å²) in [5.41, 5.74) is 5.15. The van der Waals surface area contributed by atoms with Gasteiger partial charge in [-0.25, -0.2) is 9.78 Å². The Hall–Kier alpha value is -3.28. The van der Waals surface area contributed by atoms with Crippen molar-refractivity contribution in [3.05, 3.63) is 63.3 Å². The molecular formula is C22H20N4O3S. The average Bonchev–Trinajstić information content (AvgIpc) is 3.39. The second-order valence-electron chi connectivity index (χ2n) is 6.89. The quantitative estimate of drug-likeness (QED) is 0.462. The van der Waals surface area contributed by atoms with Gasteiger partial charge in [0, 0.05) is 35.4 Å². The van der Waals surface area contributed by atoms with E-state index < -0.39 is 0 Å². The van der Waals surface area contributed by atoms with Crippen LogP contribution in [-0.2, 0) is 24.3 Å². The molecule has 30 heavy (non-hydrogen) atoms. The maximum absolute atomic E-state index is 11.7. The van der Waals surface area contributed by atoms with Gasteiger partial charge in [-0.05, 0) is 37.1 Å². The summed E-state index contributed by atoms with van der Waals surface area (Å²) in [6.45, 7) is 3.94. The molecule has 0 radical (unpaired) electrons. The van der Waals surface area contributed by atoms with Crippen molar-refractivity contribution in [2.24, 2.45) is 0 Å². The van der Waals surface area contributed by atoms with E-state index in [0.717, 1.165) is 34.0 Å². The first-order valence-corrected chi connectivity index (χ1v) is 10.3. The van der Waals surface area contributed by atoms with Crippen LogP contribution in [0.5, 0.6) is 5.75 Å². The van der Waals surface area contributed by atoms with E-state index in [4.69, 9.17) is 14.7 Å². The predicted molar refractivity (Wildman–Crippen MR) is 112 cm³/mol. The SMILES string of the molecule is COc1cc(-c2ncc(CNCCc3ccc4c(c3C)COC4=O)s2)ncc1C#N. The highest BCUT2D eigenvalue weighted by Crippen LogP contribution is 2.28. The Morgan fingerprint density at radius 1 is 1.33 bits per heavy atom. The molecule has 0 atom stereocenters. The van der Waals surface area contributed by atoms with Gasteiger partial charge in [0.2, 0.25) is 0 Å². The molecule has 0 saturated heterocycles. The molecular weight excluding hydrogens is 400 g/mol. The number of rotatable bonds is 7. The van der Waals surface area contributed by atoms with Crippen LogP contribution >= 0.6 is 11.3 Å². The van der Waals surface area contributed by atoms with E-state index in [1.807, 2.05) is 25.3 Å². The normalized spacial score (nSPS) is 12.4. The van der Waals surface area contributed by atoms with Crippen LogP contribution < -0.4 is 10.1 Å². The number of cyclic esters (lactones) is 1. The van der Waals surface area contributed by atoms with Crippen molar-refractivity contribution in [2.45, 2.75) is 26.5 Å². The van der Waals surface area contributed by atoms with E-state index in [-0.39, 0.29) is 5.97 Å². The fourth-order valence-corrected chi connectivity index (χ4v) is 4.27. The molecule has 1 N–H and O–H groups in total. The molecule has 1 aromatic carbocycles. The fraction of sp³-hybridized carbons (Fsp3) is 0.273. The number of nitrogens with zero attached hydrogens (tertiary/aromatic N) is 3. The van der Waals surface area contributed by atoms with Gasteiger partial charge in [0.15, 0.2) is 0 Å². The number of methoxy groups -OCH3 is 1. The summed E-state index contributed by atoms with van der Waals surface area (Å²) >= 11 is 1.56. The number of esters is 1. The van der Waals surface area contributed by atoms with Gasteiger partial charge in [-0.2, -0.15) is 5.26 Å². The number of carbonyl (C=O) groups excluding carboxylic acids is 1. The van der Waals surface area contributed by atoms with Crippen molar-refractivity contribution in [3.8, 4) is 22.5 Å². The Bertz CT molecular complexity index is 1150. The predicted octanol–water partition coefficient (Wildman–Crippen LogP) is 3.40. The van der Waals surface area contributed by atoms with Gasteiger partial charge in [-0.15, -0.1) is 11.3 Å². The van der Waals surface area contributed by atoms with Gasteiger partial charge in [0.1, 0.15) is 34.7 Å². The Morgan fingerprint density at radius 3 is 3.00 bits per heavy atom. The fourth-order valence-electron chi connectivity index (χ4n) is 3.42. The third kappa shape index (κ3) is 3.90. The summed E-state index contributed by atoms with van der Waals surface area (Å²) < 4.78 is 10.4. The number of nitrogens with one attached hydrogen (secondary N) is 1. The molecule has 0 amide bonds. The van der Waals surface area contributed by atoms with Crippen LogP contribution in [0.15, 0.2) is 30.6 Å². The number of carbonyl (C=O) groups is 1. The molecule has 3 heterocycles. The first kappa shape index (κ1) is 20.0. The van der Waals surface area contributed by atoms with Gasteiger partial charge >= 0.3 is 5.97 Å². The van der Waals surface area contributed by atoms with Crippen molar-refractivity contribution in [1.29, 1.82) is 5.26 Å². The van der Waals surface area contributed by atoms with Crippen molar-refractivity contribution in [2.75, 3.05) is 13.7 Å². The number of hydrogen-bond acceptors (Lipinski definition) is 8. The zero-order valence-corrected chi connectivity index (χ0v) is 17.5. The molecule has 3 aromatic rings. The molecule has 8 heteroatoms. The lowest BCUT2D eigenvalue weighted by molar-refractivity contribution is 0.0535. The molecule has 0 spiro atoms. The lowest BCUT2D eigenvalue weighted by Crippen LogP contribution is -2.16. The highest BCUT2D eigenvalue weighted by atomic mass is 32.1. The first-order chi connectivity index (χ1) is 14.6.